The maximum absolute atomic E-state index is 13.5. The number of carbonyl (C=O) groups excluding carboxylic acids is 5. The molecule has 0 unspecified atom stereocenters. The van der Waals surface area contributed by atoms with Crippen LogP contribution in [0.15, 0.2) is 60.7 Å². The molecule has 1 aliphatic rings. The summed E-state index contributed by atoms with van der Waals surface area (Å²) in [4.78, 5) is 62.3. The van der Waals surface area contributed by atoms with Crippen molar-refractivity contribution < 1.29 is 33.8 Å². The molecule has 11 nitrogen and oxygen atoms in total. The number of benzene rings is 2. The predicted molar refractivity (Wildman–Crippen MR) is 141 cm³/mol. The van der Waals surface area contributed by atoms with Gasteiger partial charge in [-0.1, -0.05) is 60.7 Å². The van der Waals surface area contributed by atoms with Crippen LogP contribution in [-0.4, -0.2) is 72.1 Å². The zero-order valence-corrected chi connectivity index (χ0v) is 21.7. The van der Waals surface area contributed by atoms with Gasteiger partial charge in [-0.15, -0.1) is 0 Å². The number of hydrogen-bond acceptors (Lipinski definition) is 7. The SMILES string of the molecule is CCOC(=O)CNC(=O)[C@H](O)[C@H](Cc1ccccc1)NC(=O)[C@H](Cc1ccccc1)NC(=O)[C@@H]1CCC(=O)N1. The minimum Gasteiger partial charge on any atom is -0.465 e. The molecule has 11 heteroatoms. The topological polar surface area (TPSA) is 163 Å². The number of amides is 4. The quantitative estimate of drug-likeness (QED) is 0.220. The van der Waals surface area contributed by atoms with Gasteiger partial charge in [-0.25, -0.2) is 0 Å². The Hall–Kier alpha value is -4.25. The summed E-state index contributed by atoms with van der Waals surface area (Å²) in [7, 11) is 0. The molecular weight excluding hydrogens is 504 g/mol. The van der Waals surface area contributed by atoms with Gasteiger partial charge in [0, 0.05) is 12.8 Å². The van der Waals surface area contributed by atoms with Crippen LogP contribution in [0.2, 0.25) is 0 Å². The summed E-state index contributed by atoms with van der Waals surface area (Å²) >= 11 is 0. The van der Waals surface area contributed by atoms with Gasteiger partial charge in [0.05, 0.1) is 12.6 Å². The van der Waals surface area contributed by atoms with Gasteiger partial charge in [-0.05, 0) is 30.9 Å². The molecule has 2 aromatic carbocycles. The van der Waals surface area contributed by atoms with E-state index in [1.54, 1.807) is 43.3 Å². The Bertz CT molecular complexity index is 1140. The average molecular weight is 539 g/mol. The normalized spacial score (nSPS) is 16.8. The van der Waals surface area contributed by atoms with Crippen LogP contribution in [0.3, 0.4) is 0 Å². The first-order chi connectivity index (χ1) is 18.8. The predicted octanol–water partition coefficient (Wildman–Crippen LogP) is -0.240. The number of esters is 1. The lowest BCUT2D eigenvalue weighted by molar-refractivity contribution is -0.145. The second kappa shape index (κ2) is 14.6. The molecule has 0 aliphatic carbocycles. The molecule has 208 valence electrons. The standard InChI is InChI=1S/C28H34N4O7/c1-2-39-24(34)17-29-28(38)25(35)21(15-18-9-5-3-6-10-18)31-27(37)22(16-19-11-7-4-8-12-19)32-26(36)20-13-14-23(33)30-20/h3-12,20-22,25,35H,2,13-17H2,1H3,(H,29,38)(H,30,33)(H,31,37)(H,32,36)/t20-,21-,22-,25+/m0/s1. The van der Waals surface area contributed by atoms with E-state index in [0.717, 1.165) is 11.1 Å². The van der Waals surface area contributed by atoms with Crippen molar-refractivity contribution in [1.82, 2.24) is 21.3 Å². The first kappa shape index (κ1) is 29.3. The molecule has 5 N–H and O–H groups in total. The number of hydrogen-bond donors (Lipinski definition) is 5. The summed E-state index contributed by atoms with van der Waals surface area (Å²) in [5.74, 6) is -2.87. The fraction of sp³-hybridized carbons (Fsp3) is 0.393. The van der Waals surface area contributed by atoms with Crippen molar-refractivity contribution in [2.24, 2.45) is 0 Å². The Kier molecular flexibility index (Phi) is 11.0. The molecule has 3 rings (SSSR count). The maximum atomic E-state index is 13.5. The monoisotopic (exact) mass is 538 g/mol. The third-order valence-corrected chi connectivity index (χ3v) is 6.22. The Morgan fingerprint density at radius 1 is 0.949 bits per heavy atom. The van der Waals surface area contributed by atoms with Crippen molar-refractivity contribution in [3.63, 3.8) is 0 Å². The molecule has 4 amide bonds. The average Bonchev–Trinajstić information content (AvgIpc) is 3.38. The van der Waals surface area contributed by atoms with E-state index in [0.29, 0.717) is 6.42 Å². The molecule has 1 heterocycles. The van der Waals surface area contributed by atoms with Gasteiger partial charge in [-0.3, -0.25) is 24.0 Å². The van der Waals surface area contributed by atoms with E-state index < -0.39 is 54.5 Å². The van der Waals surface area contributed by atoms with Crippen molar-refractivity contribution in [3.8, 4) is 0 Å². The molecule has 4 atom stereocenters. The summed E-state index contributed by atoms with van der Waals surface area (Å²) in [6.07, 6.45) is -0.918. The Balaban J connectivity index is 1.77. The molecule has 0 aromatic heterocycles. The van der Waals surface area contributed by atoms with Crippen molar-refractivity contribution in [2.45, 2.75) is 56.8 Å². The van der Waals surface area contributed by atoms with Crippen LogP contribution >= 0.6 is 0 Å². The number of ether oxygens (including phenoxy) is 1. The van der Waals surface area contributed by atoms with Gasteiger partial charge in [0.25, 0.3) is 5.91 Å². The number of rotatable bonds is 13. The Morgan fingerprint density at radius 3 is 2.13 bits per heavy atom. The van der Waals surface area contributed by atoms with E-state index in [2.05, 4.69) is 21.3 Å². The van der Waals surface area contributed by atoms with Crippen molar-refractivity contribution in [2.75, 3.05) is 13.2 Å². The third-order valence-electron chi connectivity index (χ3n) is 6.22. The van der Waals surface area contributed by atoms with Gasteiger partial charge in [0.15, 0.2) is 6.10 Å². The lowest BCUT2D eigenvalue weighted by atomic mass is 9.99. The van der Waals surface area contributed by atoms with E-state index in [-0.39, 0.29) is 31.8 Å². The van der Waals surface area contributed by atoms with Crippen LogP contribution in [0.5, 0.6) is 0 Å². The van der Waals surface area contributed by atoms with Crippen LogP contribution in [0.25, 0.3) is 0 Å². The first-order valence-corrected chi connectivity index (χ1v) is 12.9. The van der Waals surface area contributed by atoms with Crippen molar-refractivity contribution in [3.05, 3.63) is 71.8 Å². The van der Waals surface area contributed by atoms with Crippen LogP contribution in [0, 0.1) is 0 Å². The summed E-state index contributed by atoms with van der Waals surface area (Å²) < 4.78 is 4.80. The summed E-state index contributed by atoms with van der Waals surface area (Å²) in [5.41, 5.74) is 1.53. The fourth-order valence-electron chi connectivity index (χ4n) is 4.19. The second-order valence-electron chi connectivity index (χ2n) is 9.18. The highest BCUT2D eigenvalue weighted by atomic mass is 16.5. The lowest BCUT2D eigenvalue weighted by Crippen LogP contribution is -2.58. The molecule has 0 saturated carbocycles. The molecule has 39 heavy (non-hydrogen) atoms. The fourth-order valence-corrected chi connectivity index (χ4v) is 4.19. The summed E-state index contributed by atoms with van der Waals surface area (Å²) in [5, 5.41) is 21.2. The van der Waals surface area contributed by atoms with Crippen LogP contribution in [0.1, 0.15) is 30.9 Å². The molecule has 1 fully saturated rings. The number of aliphatic hydroxyl groups excluding tert-OH is 1. The highest BCUT2D eigenvalue weighted by Crippen LogP contribution is 2.11. The highest BCUT2D eigenvalue weighted by Gasteiger charge is 2.33. The molecule has 2 aromatic rings. The smallest absolute Gasteiger partial charge is 0.325 e. The van der Waals surface area contributed by atoms with E-state index in [4.69, 9.17) is 4.74 Å². The summed E-state index contributed by atoms with van der Waals surface area (Å²) in [6, 6.07) is 15.1. The van der Waals surface area contributed by atoms with E-state index in [9.17, 15) is 29.1 Å². The number of nitrogens with one attached hydrogen (secondary N) is 4. The zero-order chi connectivity index (χ0) is 28.2. The van der Waals surface area contributed by atoms with Crippen LogP contribution < -0.4 is 21.3 Å². The molecular formula is C28H34N4O7. The minimum absolute atomic E-state index is 0.102. The van der Waals surface area contributed by atoms with Crippen LogP contribution in [-0.2, 0) is 41.6 Å². The van der Waals surface area contributed by atoms with E-state index in [1.165, 1.54) is 0 Å². The van der Waals surface area contributed by atoms with Gasteiger partial charge in [-0.2, -0.15) is 0 Å². The molecule has 1 aliphatic heterocycles. The van der Waals surface area contributed by atoms with Gasteiger partial charge in [0.2, 0.25) is 17.7 Å². The van der Waals surface area contributed by atoms with E-state index >= 15 is 0 Å². The zero-order valence-electron chi connectivity index (χ0n) is 21.7. The molecule has 0 bridgehead atoms. The molecule has 1 saturated heterocycles. The molecule has 0 spiro atoms. The van der Waals surface area contributed by atoms with Gasteiger partial charge < -0.3 is 31.1 Å². The van der Waals surface area contributed by atoms with Crippen LogP contribution in [0.4, 0.5) is 0 Å². The Morgan fingerprint density at radius 2 is 1.56 bits per heavy atom. The lowest BCUT2D eigenvalue weighted by Gasteiger charge is -2.27. The van der Waals surface area contributed by atoms with Gasteiger partial charge in [0.1, 0.15) is 18.6 Å². The van der Waals surface area contributed by atoms with E-state index in [1.807, 2.05) is 24.3 Å². The van der Waals surface area contributed by atoms with Crippen molar-refractivity contribution in [1.29, 1.82) is 0 Å². The Labute approximate surface area is 226 Å². The molecule has 0 radical (unpaired) electrons. The van der Waals surface area contributed by atoms with Crippen molar-refractivity contribution >= 4 is 29.6 Å². The largest absolute Gasteiger partial charge is 0.465 e. The number of aliphatic hydroxyl groups is 1. The summed E-state index contributed by atoms with van der Waals surface area (Å²) in [6.45, 7) is 1.34. The number of carbonyl (C=O) groups is 5. The minimum atomic E-state index is -1.70. The second-order valence-corrected chi connectivity index (χ2v) is 9.18. The maximum Gasteiger partial charge on any atom is 0.325 e. The highest BCUT2D eigenvalue weighted by molar-refractivity contribution is 5.94. The first-order valence-electron chi connectivity index (χ1n) is 12.9. The van der Waals surface area contributed by atoms with Gasteiger partial charge >= 0.3 is 5.97 Å². The third kappa shape index (κ3) is 9.22.